The quantitative estimate of drug-likeness (QED) is 0.513. The van der Waals surface area contributed by atoms with Gasteiger partial charge in [-0.1, -0.05) is 91.0 Å². The second-order valence-electron chi connectivity index (χ2n) is 6.71. The van der Waals surface area contributed by atoms with Crippen molar-refractivity contribution >= 4 is 5.91 Å². The molecule has 3 nitrogen and oxygen atoms in total. The second kappa shape index (κ2) is 8.40. The van der Waals surface area contributed by atoms with Crippen LogP contribution in [0, 0.1) is 0 Å². The normalized spacial score (nSPS) is 11.9. The lowest BCUT2D eigenvalue weighted by Gasteiger charge is -2.25. The standard InChI is InChI=1S/C25H22N2O/c28-25(24(27-18-10-11-19-27)22-16-8-3-9-17-22)26-23(20-12-4-1-5-13-20)21-14-6-2-7-15-21/h1-19,23-24H,(H,26,28). The van der Waals surface area contributed by atoms with E-state index >= 15 is 0 Å². The zero-order valence-electron chi connectivity index (χ0n) is 15.5. The fourth-order valence-corrected chi connectivity index (χ4v) is 3.49. The number of aromatic nitrogens is 1. The van der Waals surface area contributed by atoms with Crippen LogP contribution in [0.2, 0.25) is 0 Å². The van der Waals surface area contributed by atoms with Crippen LogP contribution in [0.15, 0.2) is 116 Å². The second-order valence-corrected chi connectivity index (χ2v) is 6.71. The molecule has 0 spiro atoms. The van der Waals surface area contributed by atoms with E-state index < -0.39 is 6.04 Å². The van der Waals surface area contributed by atoms with Crippen molar-refractivity contribution in [1.82, 2.24) is 9.88 Å². The van der Waals surface area contributed by atoms with E-state index in [1.54, 1.807) is 0 Å². The van der Waals surface area contributed by atoms with Gasteiger partial charge in [-0.25, -0.2) is 0 Å². The van der Waals surface area contributed by atoms with E-state index in [1.807, 2.05) is 120 Å². The Morgan fingerprint density at radius 3 is 1.50 bits per heavy atom. The molecule has 28 heavy (non-hydrogen) atoms. The highest BCUT2D eigenvalue weighted by molar-refractivity contribution is 5.84. The predicted octanol–water partition coefficient (Wildman–Crippen LogP) is 4.98. The molecule has 4 rings (SSSR count). The van der Waals surface area contributed by atoms with E-state index in [4.69, 9.17) is 0 Å². The number of nitrogens with one attached hydrogen (secondary N) is 1. The lowest BCUT2D eigenvalue weighted by molar-refractivity contribution is -0.123. The third kappa shape index (κ3) is 3.89. The first-order chi connectivity index (χ1) is 13.8. The molecule has 1 amide bonds. The maximum atomic E-state index is 13.5. The molecule has 1 heterocycles. The molecule has 0 saturated heterocycles. The van der Waals surface area contributed by atoms with Crippen molar-refractivity contribution in [2.45, 2.75) is 12.1 Å². The molecule has 0 aliphatic heterocycles. The van der Waals surface area contributed by atoms with Gasteiger partial charge in [-0.15, -0.1) is 0 Å². The lowest BCUT2D eigenvalue weighted by atomic mass is 9.97. The number of rotatable bonds is 6. The predicted molar refractivity (Wildman–Crippen MR) is 112 cm³/mol. The summed E-state index contributed by atoms with van der Waals surface area (Å²) in [4.78, 5) is 13.5. The Hall–Kier alpha value is -3.59. The molecule has 1 aromatic heterocycles. The van der Waals surface area contributed by atoms with Gasteiger partial charge in [0, 0.05) is 12.4 Å². The molecular formula is C25H22N2O. The number of carbonyl (C=O) groups is 1. The molecule has 0 aliphatic rings. The van der Waals surface area contributed by atoms with Crippen LogP contribution >= 0.6 is 0 Å². The number of nitrogens with zero attached hydrogens (tertiary/aromatic N) is 1. The number of hydrogen-bond acceptors (Lipinski definition) is 1. The highest BCUT2D eigenvalue weighted by Crippen LogP contribution is 2.25. The molecule has 4 aromatic rings. The zero-order valence-corrected chi connectivity index (χ0v) is 15.5. The van der Waals surface area contributed by atoms with Gasteiger partial charge in [0.1, 0.15) is 6.04 Å². The lowest BCUT2D eigenvalue weighted by Crippen LogP contribution is -2.36. The summed E-state index contributed by atoms with van der Waals surface area (Å²) in [7, 11) is 0. The van der Waals surface area contributed by atoms with E-state index in [2.05, 4.69) is 5.32 Å². The Balaban J connectivity index is 1.70. The van der Waals surface area contributed by atoms with Crippen LogP contribution in [-0.2, 0) is 4.79 Å². The van der Waals surface area contributed by atoms with Crippen LogP contribution in [0.4, 0.5) is 0 Å². The molecule has 1 unspecified atom stereocenters. The van der Waals surface area contributed by atoms with Gasteiger partial charge in [-0.05, 0) is 28.8 Å². The molecule has 0 bridgehead atoms. The van der Waals surface area contributed by atoms with Crippen molar-refractivity contribution in [2.24, 2.45) is 0 Å². The van der Waals surface area contributed by atoms with Crippen molar-refractivity contribution in [1.29, 1.82) is 0 Å². The van der Waals surface area contributed by atoms with E-state index in [1.165, 1.54) is 0 Å². The van der Waals surface area contributed by atoms with Gasteiger partial charge in [0.2, 0.25) is 5.91 Å². The maximum absolute atomic E-state index is 13.5. The highest BCUT2D eigenvalue weighted by atomic mass is 16.2. The first kappa shape index (κ1) is 17.8. The van der Waals surface area contributed by atoms with Gasteiger partial charge in [0.15, 0.2) is 0 Å². The molecule has 0 saturated carbocycles. The van der Waals surface area contributed by atoms with E-state index in [0.717, 1.165) is 16.7 Å². The molecular weight excluding hydrogens is 344 g/mol. The van der Waals surface area contributed by atoms with Crippen LogP contribution < -0.4 is 5.32 Å². The summed E-state index contributed by atoms with van der Waals surface area (Å²) in [6, 6.07) is 33.3. The summed E-state index contributed by atoms with van der Waals surface area (Å²) in [5, 5.41) is 3.28. The van der Waals surface area contributed by atoms with Crippen molar-refractivity contribution in [3.05, 3.63) is 132 Å². The maximum Gasteiger partial charge on any atom is 0.248 e. The Kier molecular flexibility index (Phi) is 5.34. The van der Waals surface area contributed by atoms with Gasteiger partial charge in [-0.2, -0.15) is 0 Å². The molecule has 3 heteroatoms. The first-order valence-electron chi connectivity index (χ1n) is 9.40. The molecule has 138 valence electrons. The Bertz CT molecular complexity index is 957. The minimum absolute atomic E-state index is 0.0416. The number of benzene rings is 3. The highest BCUT2D eigenvalue weighted by Gasteiger charge is 2.25. The summed E-state index contributed by atoms with van der Waals surface area (Å²) >= 11 is 0. The molecule has 1 N–H and O–H groups in total. The Morgan fingerprint density at radius 1 is 0.607 bits per heavy atom. The third-order valence-electron chi connectivity index (χ3n) is 4.84. The summed E-state index contributed by atoms with van der Waals surface area (Å²) in [5.74, 6) is -0.0416. The van der Waals surface area contributed by atoms with Crippen LogP contribution in [0.25, 0.3) is 0 Å². The number of hydrogen-bond donors (Lipinski definition) is 1. The minimum atomic E-state index is -0.425. The molecule has 0 aliphatic carbocycles. The van der Waals surface area contributed by atoms with Crippen molar-refractivity contribution in [3.8, 4) is 0 Å². The fraction of sp³-hybridized carbons (Fsp3) is 0.0800. The average molecular weight is 366 g/mol. The van der Waals surface area contributed by atoms with Crippen molar-refractivity contribution in [3.63, 3.8) is 0 Å². The minimum Gasteiger partial charge on any atom is -0.343 e. The molecule has 3 aromatic carbocycles. The van der Waals surface area contributed by atoms with E-state index in [0.29, 0.717) is 0 Å². The third-order valence-corrected chi connectivity index (χ3v) is 4.84. The van der Waals surface area contributed by atoms with Gasteiger partial charge in [0.25, 0.3) is 0 Å². The van der Waals surface area contributed by atoms with Gasteiger partial charge < -0.3 is 9.88 Å². The van der Waals surface area contributed by atoms with Crippen LogP contribution in [-0.4, -0.2) is 10.5 Å². The Labute approximate surface area is 165 Å². The van der Waals surface area contributed by atoms with E-state index in [9.17, 15) is 4.79 Å². The molecule has 1 atom stereocenters. The van der Waals surface area contributed by atoms with E-state index in [-0.39, 0.29) is 11.9 Å². The zero-order chi connectivity index (χ0) is 19.2. The monoisotopic (exact) mass is 366 g/mol. The number of amides is 1. The van der Waals surface area contributed by atoms with Gasteiger partial charge in [0.05, 0.1) is 6.04 Å². The Morgan fingerprint density at radius 2 is 1.04 bits per heavy atom. The summed E-state index contributed by atoms with van der Waals surface area (Å²) in [6.07, 6.45) is 3.86. The average Bonchev–Trinajstić information content (AvgIpc) is 3.28. The smallest absolute Gasteiger partial charge is 0.248 e. The van der Waals surface area contributed by atoms with Gasteiger partial charge in [-0.3, -0.25) is 4.79 Å². The summed E-state index contributed by atoms with van der Waals surface area (Å²) in [6.45, 7) is 0. The van der Waals surface area contributed by atoms with Gasteiger partial charge >= 0.3 is 0 Å². The van der Waals surface area contributed by atoms with Crippen LogP contribution in [0.5, 0.6) is 0 Å². The van der Waals surface area contributed by atoms with Crippen LogP contribution in [0.3, 0.4) is 0 Å². The summed E-state index contributed by atoms with van der Waals surface area (Å²) < 4.78 is 1.94. The SMILES string of the molecule is O=C(NC(c1ccccc1)c1ccccc1)C(c1ccccc1)n1cccc1. The fourth-order valence-electron chi connectivity index (χ4n) is 3.49. The topological polar surface area (TPSA) is 34.0 Å². The molecule has 0 radical (unpaired) electrons. The molecule has 0 fully saturated rings. The van der Waals surface area contributed by atoms with Crippen LogP contribution in [0.1, 0.15) is 28.8 Å². The summed E-state index contributed by atoms with van der Waals surface area (Å²) in [5.41, 5.74) is 3.07. The van der Waals surface area contributed by atoms with Crippen molar-refractivity contribution < 1.29 is 4.79 Å². The number of carbonyl (C=O) groups excluding carboxylic acids is 1. The van der Waals surface area contributed by atoms with Crippen molar-refractivity contribution in [2.75, 3.05) is 0 Å². The largest absolute Gasteiger partial charge is 0.343 e. The first-order valence-corrected chi connectivity index (χ1v) is 9.40.